The van der Waals surface area contributed by atoms with Crippen molar-refractivity contribution < 1.29 is 13.2 Å². The summed E-state index contributed by atoms with van der Waals surface area (Å²) in [6.07, 6.45) is 0.858. The summed E-state index contributed by atoms with van der Waals surface area (Å²) >= 11 is 1.13. The van der Waals surface area contributed by atoms with Crippen LogP contribution in [-0.2, 0) is 14.8 Å². The van der Waals surface area contributed by atoms with Crippen LogP contribution in [0, 0.1) is 5.92 Å². The highest BCUT2D eigenvalue weighted by Crippen LogP contribution is 2.16. The average Bonchev–Trinajstić information content (AvgIpc) is 2.95. The molecule has 3 N–H and O–H groups in total. The van der Waals surface area contributed by atoms with Gasteiger partial charge in [-0.1, -0.05) is 13.0 Å². The number of sulfonamides is 1. The molecule has 1 aliphatic rings. The van der Waals surface area contributed by atoms with Gasteiger partial charge in [-0.05, 0) is 43.8 Å². The molecule has 0 aromatic carbocycles. The molecule has 0 saturated carbocycles. The first-order valence-electron chi connectivity index (χ1n) is 6.97. The van der Waals surface area contributed by atoms with Gasteiger partial charge in [-0.15, -0.1) is 11.3 Å². The second kappa shape index (κ2) is 6.87. The number of hydrogen-bond donors (Lipinski definition) is 3. The first-order chi connectivity index (χ1) is 9.90. The summed E-state index contributed by atoms with van der Waals surface area (Å²) in [5.74, 6) is 0.0534. The van der Waals surface area contributed by atoms with Crippen molar-refractivity contribution in [1.29, 1.82) is 0 Å². The van der Waals surface area contributed by atoms with E-state index in [1.807, 2.05) is 0 Å². The van der Waals surface area contributed by atoms with E-state index < -0.39 is 16.1 Å². The molecule has 6 nitrogen and oxygen atoms in total. The molecule has 3 unspecified atom stereocenters. The molecule has 0 bridgehead atoms. The first kappa shape index (κ1) is 16.4. The number of piperidine rings is 1. The predicted molar refractivity (Wildman–Crippen MR) is 82.7 cm³/mol. The minimum Gasteiger partial charge on any atom is -0.352 e. The standard InChI is InChI=1S/C13H21N3O3S2/c1-9-8-14-6-5-11(9)15-13(17)10(2)16-21(18,19)12-4-3-7-20-12/h3-4,7,9-11,14,16H,5-6,8H2,1-2H3,(H,15,17). The van der Waals surface area contributed by atoms with Gasteiger partial charge < -0.3 is 10.6 Å². The van der Waals surface area contributed by atoms with Crippen molar-refractivity contribution in [1.82, 2.24) is 15.4 Å². The number of rotatable bonds is 5. The van der Waals surface area contributed by atoms with Crippen LogP contribution in [0.4, 0.5) is 0 Å². The Balaban J connectivity index is 1.93. The van der Waals surface area contributed by atoms with Crippen LogP contribution in [0.25, 0.3) is 0 Å². The maximum Gasteiger partial charge on any atom is 0.250 e. The van der Waals surface area contributed by atoms with Crippen molar-refractivity contribution in [2.75, 3.05) is 13.1 Å². The number of carbonyl (C=O) groups excluding carboxylic acids is 1. The Bertz CT molecular complexity index is 571. The summed E-state index contributed by atoms with van der Waals surface area (Å²) in [6.45, 7) is 5.36. The molecule has 0 spiro atoms. The fourth-order valence-electron chi connectivity index (χ4n) is 2.30. The van der Waals surface area contributed by atoms with Crippen LogP contribution in [0.5, 0.6) is 0 Å². The molecular weight excluding hydrogens is 310 g/mol. The normalized spacial score (nSPS) is 24.5. The topological polar surface area (TPSA) is 87.3 Å². The lowest BCUT2D eigenvalue weighted by atomic mass is 9.95. The van der Waals surface area contributed by atoms with E-state index in [4.69, 9.17) is 0 Å². The zero-order valence-corrected chi connectivity index (χ0v) is 13.8. The van der Waals surface area contributed by atoms with Crippen molar-refractivity contribution in [3.05, 3.63) is 17.5 Å². The Hall–Kier alpha value is -0.960. The molecule has 21 heavy (non-hydrogen) atoms. The molecule has 1 aliphatic heterocycles. The lowest BCUT2D eigenvalue weighted by Gasteiger charge is -2.31. The van der Waals surface area contributed by atoms with Gasteiger partial charge in [0.15, 0.2) is 0 Å². The number of thiophene rings is 1. The monoisotopic (exact) mass is 331 g/mol. The predicted octanol–water partition coefficient (Wildman–Crippen LogP) is 0.529. The molecule has 0 aliphatic carbocycles. The van der Waals surface area contributed by atoms with Crippen LogP contribution in [-0.4, -0.2) is 39.5 Å². The van der Waals surface area contributed by atoms with Crippen molar-refractivity contribution in [3.63, 3.8) is 0 Å². The van der Waals surface area contributed by atoms with Crippen LogP contribution >= 0.6 is 11.3 Å². The minimum atomic E-state index is -3.62. The Kier molecular flexibility index (Phi) is 5.37. The minimum absolute atomic E-state index is 0.0902. The quantitative estimate of drug-likeness (QED) is 0.734. The number of nitrogens with one attached hydrogen (secondary N) is 3. The fourth-order valence-corrected chi connectivity index (χ4v) is 4.51. The summed E-state index contributed by atoms with van der Waals surface area (Å²) < 4.78 is 26.8. The molecule has 8 heteroatoms. The first-order valence-corrected chi connectivity index (χ1v) is 9.33. The van der Waals surface area contributed by atoms with E-state index in [2.05, 4.69) is 22.3 Å². The third-order valence-corrected chi connectivity index (χ3v) is 6.54. The van der Waals surface area contributed by atoms with Crippen molar-refractivity contribution in [3.8, 4) is 0 Å². The second-order valence-corrected chi connectivity index (χ2v) is 8.25. The van der Waals surface area contributed by atoms with Crippen LogP contribution in [0.2, 0.25) is 0 Å². The molecule has 1 aromatic rings. The van der Waals surface area contributed by atoms with E-state index in [9.17, 15) is 13.2 Å². The van der Waals surface area contributed by atoms with Gasteiger partial charge in [-0.3, -0.25) is 4.79 Å². The fraction of sp³-hybridized carbons (Fsp3) is 0.615. The third kappa shape index (κ3) is 4.26. The van der Waals surface area contributed by atoms with E-state index in [1.165, 1.54) is 6.07 Å². The lowest BCUT2D eigenvalue weighted by molar-refractivity contribution is -0.123. The Morgan fingerprint density at radius 1 is 1.52 bits per heavy atom. The van der Waals surface area contributed by atoms with Crippen LogP contribution in [0.15, 0.2) is 21.7 Å². The lowest BCUT2D eigenvalue weighted by Crippen LogP contribution is -2.53. The number of hydrogen-bond acceptors (Lipinski definition) is 5. The van der Waals surface area contributed by atoms with E-state index in [-0.39, 0.29) is 16.2 Å². The van der Waals surface area contributed by atoms with Crippen LogP contribution in [0.3, 0.4) is 0 Å². The van der Waals surface area contributed by atoms with Crippen LogP contribution < -0.4 is 15.4 Å². The molecule has 1 saturated heterocycles. The zero-order valence-electron chi connectivity index (χ0n) is 12.1. The zero-order chi connectivity index (χ0) is 15.5. The molecule has 1 fully saturated rings. The Morgan fingerprint density at radius 2 is 2.29 bits per heavy atom. The summed E-state index contributed by atoms with van der Waals surface area (Å²) in [4.78, 5) is 12.1. The summed E-state index contributed by atoms with van der Waals surface area (Å²) in [6, 6.07) is 2.49. The van der Waals surface area contributed by atoms with Gasteiger partial charge in [0.1, 0.15) is 4.21 Å². The molecule has 3 atom stereocenters. The molecule has 118 valence electrons. The maximum absolute atomic E-state index is 12.1. The molecular formula is C13H21N3O3S2. The SMILES string of the molecule is CC(NS(=O)(=O)c1cccs1)C(=O)NC1CCNCC1C. The van der Waals surface area contributed by atoms with Gasteiger partial charge in [0.25, 0.3) is 10.0 Å². The summed E-state index contributed by atoms with van der Waals surface area (Å²) in [5.41, 5.74) is 0. The van der Waals surface area contributed by atoms with Crippen molar-refractivity contribution >= 4 is 27.3 Å². The van der Waals surface area contributed by atoms with Gasteiger partial charge in [-0.25, -0.2) is 8.42 Å². The largest absolute Gasteiger partial charge is 0.352 e. The van der Waals surface area contributed by atoms with E-state index in [1.54, 1.807) is 18.4 Å². The summed E-state index contributed by atoms with van der Waals surface area (Å²) in [7, 11) is -3.62. The highest BCUT2D eigenvalue weighted by Gasteiger charge is 2.27. The Morgan fingerprint density at radius 3 is 2.90 bits per heavy atom. The maximum atomic E-state index is 12.1. The van der Waals surface area contributed by atoms with Gasteiger partial charge in [-0.2, -0.15) is 4.72 Å². The van der Waals surface area contributed by atoms with E-state index in [0.717, 1.165) is 30.8 Å². The molecule has 2 rings (SSSR count). The smallest absolute Gasteiger partial charge is 0.250 e. The van der Waals surface area contributed by atoms with E-state index in [0.29, 0.717) is 5.92 Å². The van der Waals surface area contributed by atoms with Crippen molar-refractivity contribution in [2.45, 2.75) is 36.6 Å². The molecule has 1 aromatic heterocycles. The summed E-state index contributed by atoms with van der Waals surface area (Å²) in [5, 5.41) is 7.89. The van der Waals surface area contributed by atoms with Gasteiger partial charge in [0.05, 0.1) is 6.04 Å². The van der Waals surface area contributed by atoms with Gasteiger partial charge >= 0.3 is 0 Å². The third-order valence-electron chi connectivity index (χ3n) is 3.60. The highest BCUT2D eigenvalue weighted by molar-refractivity contribution is 7.91. The number of carbonyl (C=O) groups is 1. The number of amides is 1. The van der Waals surface area contributed by atoms with Crippen LogP contribution in [0.1, 0.15) is 20.3 Å². The van der Waals surface area contributed by atoms with Crippen molar-refractivity contribution in [2.24, 2.45) is 5.92 Å². The second-order valence-electron chi connectivity index (χ2n) is 5.36. The molecule has 2 heterocycles. The Labute approximate surface area is 129 Å². The average molecular weight is 331 g/mol. The highest BCUT2D eigenvalue weighted by atomic mass is 32.2. The molecule has 1 amide bonds. The van der Waals surface area contributed by atoms with Gasteiger partial charge in [0.2, 0.25) is 5.91 Å². The molecule has 0 radical (unpaired) electrons. The van der Waals surface area contributed by atoms with E-state index >= 15 is 0 Å². The van der Waals surface area contributed by atoms with Gasteiger partial charge in [0, 0.05) is 6.04 Å².